The van der Waals surface area contributed by atoms with E-state index in [-0.39, 0.29) is 11.7 Å². The van der Waals surface area contributed by atoms with Gasteiger partial charge in [-0.1, -0.05) is 49.4 Å². The summed E-state index contributed by atoms with van der Waals surface area (Å²) < 4.78 is 5.73. The molecular weight excluding hydrogens is 402 g/mol. The number of carbonyl (C=O) groups excluding carboxylic acids is 1. The number of aromatic hydroxyl groups is 1. The van der Waals surface area contributed by atoms with E-state index < -0.39 is 0 Å². The van der Waals surface area contributed by atoms with Crippen LogP contribution >= 0.6 is 0 Å². The molecule has 0 bridgehead atoms. The minimum atomic E-state index is -0.372. The fraction of sp³-hybridized carbons (Fsp3) is 0.115. The van der Waals surface area contributed by atoms with E-state index in [0.29, 0.717) is 40.1 Å². The van der Waals surface area contributed by atoms with Crippen molar-refractivity contribution in [1.82, 2.24) is 10.4 Å². The molecule has 4 rings (SSSR count). The van der Waals surface area contributed by atoms with Crippen molar-refractivity contribution < 1.29 is 14.6 Å². The Kier molecular flexibility index (Phi) is 6.41. The Labute approximate surface area is 186 Å². The number of phenols is 1. The van der Waals surface area contributed by atoms with Gasteiger partial charge in [0.15, 0.2) is 0 Å². The summed E-state index contributed by atoms with van der Waals surface area (Å²) in [6.07, 6.45) is 2.47. The highest BCUT2D eigenvalue weighted by Crippen LogP contribution is 2.30. The Morgan fingerprint density at radius 1 is 1.06 bits per heavy atom. The number of phenolic OH excluding ortho intramolecular Hbond substituents is 1. The molecule has 4 aromatic rings. The highest BCUT2D eigenvalue weighted by atomic mass is 16.5. The van der Waals surface area contributed by atoms with Gasteiger partial charge in [-0.25, -0.2) is 10.4 Å². The van der Waals surface area contributed by atoms with E-state index in [0.717, 1.165) is 12.0 Å². The molecule has 2 N–H and O–H groups in total. The number of para-hydroxylation sites is 3. The number of hydrazone groups is 1. The average Bonchev–Trinajstić information content (AvgIpc) is 2.83. The minimum Gasteiger partial charge on any atom is -0.507 e. The number of fused-ring (bicyclic) bond motifs is 1. The van der Waals surface area contributed by atoms with Gasteiger partial charge in [0.1, 0.15) is 11.5 Å². The van der Waals surface area contributed by atoms with Gasteiger partial charge in [-0.2, -0.15) is 5.10 Å². The van der Waals surface area contributed by atoms with Crippen LogP contribution in [0, 0.1) is 0 Å². The Hall–Kier alpha value is -4.19. The number of pyridine rings is 1. The largest absolute Gasteiger partial charge is 0.507 e. The molecule has 0 saturated heterocycles. The van der Waals surface area contributed by atoms with Crippen molar-refractivity contribution in [1.29, 1.82) is 0 Å². The molecule has 1 aromatic heterocycles. The summed E-state index contributed by atoms with van der Waals surface area (Å²) in [5, 5.41) is 15.1. The number of aromatic nitrogens is 1. The molecule has 0 spiro atoms. The van der Waals surface area contributed by atoms with Gasteiger partial charge in [-0.3, -0.25) is 4.79 Å². The zero-order chi connectivity index (χ0) is 22.3. The van der Waals surface area contributed by atoms with Crippen LogP contribution in [0.1, 0.15) is 29.3 Å². The van der Waals surface area contributed by atoms with Crippen molar-refractivity contribution in [2.24, 2.45) is 5.10 Å². The molecule has 0 radical (unpaired) electrons. The van der Waals surface area contributed by atoms with Crippen molar-refractivity contribution in [2.45, 2.75) is 13.3 Å². The van der Waals surface area contributed by atoms with Gasteiger partial charge in [-0.05, 0) is 42.8 Å². The van der Waals surface area contributed by atoms with Gasteiger partial charge in [0.05, 0.1) is 29.6 Å². The Morgan fingerprint density at radius 3 is 2.66 bits per heavy atom. The summed E-state index contributed by atoms with van der Waals surface area (Å²) in [6.45, 7) is 2.65. The van der Waals surface area contributed by atoms with E-state index in [1.54, 1.807) is 30.5 Å². The van der Waals surface area contributed by atoms with E-state index in [1.807, 2.05) is 61.5 Å². The molecule has 0 unspecified atom stereocenters. The predicted molar refractivity (Wildman–Crippen MR) is 126 cm³/mol. The number of ether oxygens (including phenoxy) is 1. The third-order valence-corrected chi connectivity index (χ3v) is 4.89. The smallest absolute Gasteiger partial charge is 0.272 e. The first-order valence-corrected chi connectivity index (χ1v) is 10.4. The summed E-state index contributed by atoms with van der Waals surface area (Å²) in [4.78, 5) is 17.7. The standard InChI is InChI=1S/C26H23N3O3/c1-2-15-32-25-14-8-3-9-18(25)17-27-29-26(31)21-16-23(20-11-5-7-13-24(20)30)28-22-12-6-4-10-19(21)22/h3-14,16-17,30H,2,15H2,1H3,(H,29,31)/b27-17+. The lowest BCUT2D eigenvalue weighted by Crippen LogP contribution is -2.18. The van der Waals surface area contributed by atoms with Gasteiger partial charge in [0, 0.05) is 16.5 Å². The molecule has 3 aromatic carbocycles. The second-order valence-corrected chi connectivity index (χ2v) is 7.17. The van der Waals surface area contributed by atoms with E-state index in [2.05, 4.69) is 15.5 Å². The lowest BCUT2D eigenvalue weighted by Gasteiger charge is -2.10. The monoisotopic (exact) mass is 425 g/mol. The molecule has 6 heteroatoms. The van der Waals surface area contributed by atoms with Gasteiger partial charge in [0.25, 0.3) is 5.91 Å². The van der Waals surface area contributed by atoms with E-state index in [9.17, 15) is 9.90 Å². The van der Waals surface area contributed by atoms with Crippen LogP contribution in [-0.4, -0.2) is 28.8 Å². The van der Waals surface area contributed by atoms with Gasteiger partial charge < -0.3 is 9.84 Å². The fourth-order valence-corrected chi connectivity index (χ4v) is 3.34. The second kappa shape index (κ2) is 9.75. The van der Waals surface area contributed by atoms with Crippen molar-refractivity contribution >= 4 is 23.0 Å². The van der Waals surface area contributed by atoms with Crippen LogP contribution in [-0.2, 0) is 0 Å². The van der Waals surface area contributed by atoms with E-state index in [4.69, 9.17) is 4.74 Å². The first-order valence-electron chi connectivity index (χ1n) is 10.4. The van der Waals surface area contributed by atoms with Crippen molar-refractivity contribution in [2.75, 3.05) is 6.61 Å². The number of rotatable bonds is 7. The molecule has 1 amide bonds. The molecule has 0 atom stereocenters. The number of benzene rings is 3. The first-order chi connectivity index (χ1) is 15.7. The summed E-state index contributed by atoms with van der Waals surface area (Å²) in [5.41, 5.74) is 5.51. The van der Waals surface area contributed by atoms with Crippen molar-refractivity contribution in [3.63, 3.8) is 0 Å². The van der Waals surface area contributed by atoms with Gasteiger partial charge in [-0.15, -0.1) is 0 Å². The van der Waals surface area contributed by atoms with E-state index in [1.165, 1.54) is 0 Å². The maximum atomic E-state index is 13.0. The van der Waals surface area contributed by atoms with E-state index >= 15 is 0 Å². The lowest BCUT2D eigenvalue weighted by atomic mass is 10.0. The third kappa shape index (κ3) is 4.59. The molecule has 0 aliphatic rings. The Bertz CT molecular complexity index is 1280. The molecule has 0 aliphatic carbocycles. The number of nitrogens with zero attached hydrogens (tertiary/aromatic N) is 2. The maximum absolute atomic E-state index is 13.0. The van der Waals surface area contributed by atoms with Crippen LogP contribution in [0.2, 0.25) is 0 Å². The summed E-state index contributed by atoms with van der Waals surface area (Å²) in [6, 6.07) is 23.5. The molecular formula is C26H23N3O3. The number of nitrogens with one attached hydrogen (secondary N) is 1. The predicted octanol–water partition coefficient (Wildman–Crippen LogP) is 5.16. The normalized spacial score (nSPS) is 11.0. The third-order valence-electron chi connectivity index (χ3n) is 4.89. The fourth-order valence-electron chi connectivity index (χ4n) is 3.34. The molecule has 0 saturated carbocycles. The van der Waals surface area contributed by atoms with Crippen LogP contribution in [0.25, 0.3) is 22.2 Å². The molecule has 1 heterocycles. The Morgan fingerprint density at radius 2 is 1.81 bits per heavy atom. The number of hydrogen-bond donors (Lipinski definition) is 2. The summed E-state index contributed by atoms with van der Waals surface area (Å²) in [5.74, 6) is 0.440. The molecule has 160 valence electrons. The van der Waals surface area contributed by atoms with Crippen LogP contribution in [0.5, 0.6) is 11.5 Å². The minimum absolute atomic E-state index is 0.100. The summed E-state index contributed by atoms with van der Waals surface area (Å²) in [7, 11) is 0. The van der Waals surface area contributed by atoms with Crippen molar-refractivity contribution in [3.05, 3.63) is 90.0 Å². The zero-order valence-corrected chi connectivity index (χ0v) is 17.7. The van der Waals surface area contributed by atoms with Crippen LogP contribution < -0.4 is 10.2 Å². The molecule has 0 aliphatic heterocycles. The van der Waals surface area contributed by atoms with Crippen molar-refractivity contribution in [3.8, 4) is 22.8 Å². The second-order valence-electron chi connectivity index (χ2n) is 7.17. The van der Waals surface area contributed by atoms with Crippen LogP contribution in [0.4, 0.5) is 0 Å². The highest BCUT2D eigenvalue weighted by molar-refractivity contribution is 6.07. The number of carbonyl (C=O) groups is 1. The Balaban J connectivity index is 1.64. The van der Waals surface area contributed by atoms with Crippen LogP contribution in [0.3, 0.4) is 0 Å². The van der Waals surface area contributed by atoms with Gasteiger partial charge >= 0.3 is 0 Å². The topological polar surface area (TPSA) is 83.8 Å². The average molecular weight is 425 g/mol. The molecule has 6 nitrogen and oxygen atoms in total. The lowest BCUT2D eigenvalue weighted by molar-refractivity contribution is 0.0956. The number of hydrogen-bond acceptors (Lipinski definition) is 5. The number of amides is 1. The SMILES string of the molecule is CCCOc1ccccc1/C=N/NC(=O)c1cc(-c2ccccc2O)nc2ccccc12. The first kappa shape index (κ1) is 21.1. The van der Waals surface area contributed by atoms with Crippen LogP contribution in [0.15, 0.2) is 84.0 Å². The van der Waals surface area contributed by atoms with Gasteiger partial charge in [0.2, 0.25) is 0 Å². The summed E-state index contributed by atoms with van der Waals surface area (Å²) >= 11 is 0. The molecule has 32 heavy (non-hydrogen) atoms. The quantitative estimate of drug-likeness (QED) is 0.316. The maximum Gasteiger partial charge on any atom is 0.272 e. The molecule has 0 fully saturated rings. The zero-order valence-electron chi connectivity index (χ0n) is 17.7. The highest BCUT2D eigenvalue weighted by Gasteiger charge is 2.15.